The molecule has 3 aromatic carbocycles. The van der Waals surface area contributed by atoms with E-state index in [2.05, 4.69) is 5.32 Å². The van der Waals surface area contributed by atoms with Crippen molar-refractivity contribution in [2.75, 3.05) is 19.0 Å². The zero-order valence-electron chi connectivity index (χ0n) is 18.2. The molecule has 4 rings (SSSR count). The van der Waals surface area contributed by atoms with Crippen molar-refractivity contribution in [3.05, 3.63) is 89.5 Å². The Hall–Kier alpha value is -3.80. The second kappa shape index (κ2) is 9.56. The van der Waals surface area contributed by atoms with Crippen LogP contribution in [-0.4, -0.2) is 36.5 Å². The molecule has 1 atom stereocenters. The predicted octanol–water partition coefficient (Wildman–Crippen LogP) is 4.30. The number of ether oxygens (including phenoxy) is 2. The second-order valence-corrected chi connectivity index (χ2v) is 7.72. The maximum Gasteiger partial charge on any atom is 0.263 e. The summed E-state index contributed by atoms with van der Waals surface area (Å²) in [6.07, 6.45) is 0.0843. The molecule has 0 unspecified atom stereocenters. The summed E-state index contributed by atoms with van der Waals surface area (Å²) < 4.78 is 11.3. The molecule has 0 aromatic heterocycles. The number of para-hydroxylation sites is 1. The van der Waals surface area contributed by atoms with Gasteiger partial charge in [0.15, 0.2) is 6.10 Å². The van der Waals surface area contributed by atoms with Crippen LogP contribution < -0.4 is 14.8 Å². The van der Waals surface area contributed by atoms with Gasteiger partial charge in [0.25, 0.3) is 11.8 Å². The fourth-order valence-electron chi connectivity index (χ4n) is 3.82. The summed E-state index contributed by atoms with van der Waals surface area (Å²) in [5, 5.41) is 2.92. The third-order valence-electron chi connectivity index (χ3n) is 5.52. The zero-order chi connectivity index (χ0) is 22.5. The summed E-state index contributed by atoms with van der Waals surface area (Å²) in [7, 11) is 1.65. The molecule has 3 aromatic rings. The molecule has 0 spiro atoms. The predicted molar refractivity (Wildman–Crippen MR) is 123 cm³/mol. The van der Waals surface area contributed by atoms with Crippen molar-refractivity contribution in [3.63, 3.8) is 0 Å². The first-order valence-corrected chi connectivity index (χ1v) is 10.6. The maximum absolute atomic E-state index is 12.9. The molecule has 0 saturated heterocycles. The van der Waals surface area contributed by atoms with Crippen LogP contribution in [0.15, 0.2) is 72.8 Å². The van der Waals surface area contributed by atoms with Crippen molar-refractivity contribution in [1.29, 1.82) is 0 Å². The monoisotopic (exact) mass is 430 g/mol. The number of fused-ring (bicyclic) bond motifs is 1. The molecule has 6 heteroatoms. The number of carbonyl (C=O) groups is 2. The lowest BCUT2D eigenvalue weighted by Crippen LogP contribution is -2.39. The van der Waals surface area contributed by atoms with Gasteiger partial charge in [-0.3, -0.25) is 9.59 Å². The molecular weight excluding hydrogens is 404 g/mol. The quantitative estimate of drug-likeness (QED) is 0.633. The Morgan fingerprint density at radius 2 is 1.84 bits per heavy atom. The van der Waals surface area contributed by atoms with Gasteiger partial charge in [-0.2, -0.15) is 0 Å². The SMILES string of the molecule is COc1ccccc1CCN1Cc2cc(NC(=O)c3ccccc3)ccc2O[C@@H](C)C1=O. The molecule has 1 aliphatic rings. The molecule has 6 nitrogen and oxygen atoms in total. The topological polar surface area (TPSA) is 67.9 Å². The number of nitrogens with zero attached hydrogens (tertiary/aromatic N) is 1. The lowest BCUT2D eigenvalue weighted by Gasteiger charge is -2.22. The minimum Gasteiger partial charge on any atom is -0.496 e. The molecule has 1 aliphatic heterocycles. The number of carbonyl (C=O) groups excluding carboxylic acids is 2. The van der Waals surface area contributed by atoms with Gasteiger partial charge < -0.3 is 19.7 Å². The molecule has 1 N–H and O–H groups in total. The third kappa shape index (κ3) is 4.75. The number of hydrogen-bond acceptors (Lipinski definition) is 4. The summed E-state index contributed by atoms with van der Waals surface area (Å²) in [5.41, 5.74) is 3.15. The van der Waals surface area contributed by atoms with E-state index in [0.717, 1.165) is 16.9 Å². The van der Waals surface area contributed by atoms with Crippen LogP contribution in [0.3, 0.4) is 0 Å². The molecule has 1 heterocycles. The van der Waals surface area contributed by atoms with E-state index in [9.17, 15) is 9.59 Å². The standard InChI is InChI=1S/C26H26N2O4/c1-18-26(30)28(15-14-19-8-6-7-11-23(19)31-2)17-21-16-22(12-13-24(21)32-18)27-25(29)20-9-4-3-5-10-20/h3-13,16,18H,14-15,17H2,1-2H3,(H,27,29)/t18-/m0/s1. The number of amides is 2. The van der Waals surface area contributed by atoms with E-state index in [1.54, 1.807) is 37.1 Å². The van der Waals surface area contributed by atoms with Crippen molar-refractivity contribution in [2.45, 2.75) is 26.0 Å². The van der Waals surface area contributed by atoms with Gasteiger partial charge in [0.05, 0.1) is 7.11 Å². The molecule has 0 fully saturated rings. The molecular formula is C26H26N2O4. The van der Waals surface area contributed by atoms with Crippen molar-refractivity contribution in [1.82, 2.24) is 4.90 Å². The van der Waals surface area contributed by atoms with E-state index in [4.69, 9.17) is 9.47 Å². The Bertz CT molecular complexity index is 1110. The van der Waals surface area contributed by atoms with Crippen LogP contribution in [0.1, 0.15) is 28.4 Å². The van der Waals surface area contributed by atoms with Gasteiger partial charge in [0, 0.05) is 29.9 Å². The summed E-state index contributed by atoms with van der Waals surface area (Å²) in [6.45, 7) is 2.70. The van der Waals surface area contributed by atoms with Crippen LogP contribution in [0.4, 0.5) is 5.69 Å². The average Bonchev–Trinajstić information content (AvgIpc) is 2.94. The summed E-state index contributed by atoms with van der Waals surface area (Å²) >= 11 is 0. The smallest absolute Gasteiger partial charge is 0.263 e. The molecule has 0 bridgehead atoms. The van der Waals surface area contributed by atoms with E-state index < -0.39 is 6.10 Å². The Labute approximate surface area is 187 Å². The Balaban J connectivity index is 1.52. The molecule has 164 valence electrons. The number of nitrogens with one attached hydrogen (secondary N) is 1. The van der Waals surface area contributed by atoms with E-state index in [1.807, 2.05) is 54.6 Å². The Kier molecular flexibility index (Phi) is 6.40. The lowest BCUT2D eigenvalue weighted by molar-refractivity contribution is -0.137. The van der Waals surface area contributed by atoms with Crippen molar-refractivity contribution in [2.24, 2.45) is 0 Å². The highest BCUT2D eigenvalue weighted by molar-refractivity contribution is 6.04. The normalized spacial score (nSPS) is 15.4. The minimum atomic E-state index is -0.585. The van der Waals surface area contributed by atoms with Crippen molar-refractivity contribution >= 4 is 17.5 Å². The number of methoxy groups -OCH3 is 1. The number of anilines is 1. The van der Waals surface area contributed by atoms with E-state index in [1.165, 1.54) is 0 Å². The zero-order valence-corrected chi connectivity index (χ0v) is 18.2. The van der Waals surface area contributed by atoms with Gasteiger partial charge >= 0.3 is 0 Å². The van der Waals surface area contributed by atoms with Gasteiger partial charge in [-0.05, 0) is 55.3 Å². The second-order valence-electron chi connectivity index (χ2n) is 7.72. The molecule has 0 radical (unpaired) electrons. The van der Waals surface area contributed by atoms with Crippen LogP contribution in [0, 0.1) is 0 Å². The number of rotatable bonds is 6. The highest BCUT2D eigenvalue weighted by Gasteiger charge is 2.28. The summed E-state index contributed by atoms with van der Waals surface area (Å²) in [5.74, 6) is 1.22. The number of benzene rings is 3. The summed E-state index contributed by atoms with van der Waals surface area (Å²) in [4.78, 5) is 27.3. The average molecular weight is 431 g/mol. The van der Waals surface area contributed by atoms with Crippen LogP contribution in [0.5, 0.6) is 11.5 Å². The molecule has 32 heavy (non-hydrogen) atoms. The highest BCUT2D eigenvalue weighted by atomic mass is 16.5. The van der Waals surface area contributed by atoms with Crippen LogP contribution in [-0.2, 0) is 17.8 Å². The van der Waals surface area contributed by atoms with E-state index >= 15 is 0 Å². The van der Waals surface area contributed by atoms with Gasteiger partial charge in [-0.15, -0.1) is 0 Å². The molecule has 0 aliphatic carbocycles. The van der Waals surface area contributed by atoms with Gasteiger partial charge in [-0.25, -0.2) is 0 Å². The summed E-state index contributed by atoms with van der Waals surface area (Å²) in [6, 6.07) is 22.3. The number of hydrogen-bond donors (Lipinski definition) is 1. The highest BCUT2D eigenvalue weighted by Crippen LogP contribution is 2.29. The first kappa shape index (κ1) is 21.4. The lowest BCUT2D eigenvalue weighted by atomic mass is 10.1. The van der Waals surface area contributed by atoms with E-state index in [-0.39, 0.29) is 11.8 Å². The Morgan fingerprint density at radius 3 is 2.62 bits per heavy atom. The van der Waals surface area contributed by atoms with Gasteiger partial charge in [0.1, 0.15) is 11.5 Å². The van der Waals surface area contributed by atoms with Crippen LogP contribution in [0.25, 0.3) is 0 Å². The van der Waals surface area contributed by atoms with Crippen molar-refractivity contribution < 1.29 is 19.1 Å². The molecule has 0 saturated carbocycles. The van der Waals surface area contributed by atoms with E-state index in [0.29, 0.717) is 36.5 Å². The minimum absolute atomic E-state index is 0.0639. The maximum atomic E-state index is 12.9. The van der Waals surface area contributed by atoms with Crippen molar-refractivity contribution in [3.8, 4) is 11.5 Å². The fraction of sp³-hybridized carbons (Fsp3) is 0.231. The van der Waals surface area contributed by atoms with Crippen LogP contribution in [0.2, 0.25) is 0 Å². The first-order valence-electron chi connectivity index (χ1n) is 10.6. The Morgan fingerprint density at radius 1 is 1.09 bits per heavy atom. The van der Waals surface area contributed by atoms with Gasteiger partial charge in [0.2, 0.25) is 0 Å². The van der Waals surface area contributed by atoms with Gasteiger partial charge in [-0.1, -0.05) is 36.4 Å². The fourth-order valence-corrected chi connectivity index (χ4v) is 3.82. The van der Waals surface area contributed by atoms with Crippen LogP contribution >= 0.6 is 0 Å². The molecule has 2 amide bonds. The first-order chi connectivity index (χ1) is 15.5. The third-order valence-corrected chi connectivity index (χ3v) is 5.52. The largest absolute Gasteiger partial charge is 0.496 e.